The number of nitrogens with zero attached hydrogens (tertiary/aromatic N) is 2. The van der Waals surface area contributed by atoms with Gasteiger partial charge in [0.1, 0.15) is 6.07 Å². The topological polar surface area (TPSA) is 117 Å². The predicted octanol–water partition coefficient (Wildman–Crippen LogP) is 3.81. The van der Waals surface area contributed by atoms with Crippen LogP contribution < -0.4 is 10.2 Å². The smallest absolute Gasteiger partial charge is 0.338 e. The highest BCUT2D eigenvalue weighted by molar-refractivity contribution is 6.34. The normalized spacial score (nSPS) is 12.2. The first-order chi connectivity index (χ1) is 15.9. The molecule has 3 aromatic rings. The van der Waals surface area contributed by atoms with Crippen molar-refractivity contribution >= 4 is 46.7 Å². The fourth-order valence-corrected chi connectivity index (χ4v) is 3.51. The van der Waals surface area contributed by atoms with Crippen LogP contribution in [0.5, 0.6) is 0 Å². The van der Waals surface area contributed by atoms with Gasteiger partial charge in [0.2, 0.25) is 0 Å². The number of anilines is 2. The van der Waals surface area contributed by atoms with Gasteiger partial charge in [-0.2, -0.15) is 5.26 Å². The van der Waals surface area contributed by atoms with Gasteiger partial charge in [-0.05, 0) is 48.5 Å². The van der Waals surface area contributed by atoms with Gasteiger partial charge in [-0.3, -0.25) is 14.4 Å². The molecule has 1 aliphatic rings. The first-order valence-corrected chi connectivity index (χ1v) is 10.0. The summed E-state index contributed by atoms with van der Waals surface area (Å²) in [6.07, 6.45) is 0. The van der Waals surface area contributed by atoms with Crippen molar-refractivity contribution in [3.8, 4) is 6.07 Å². The molecule has 0 radical (unpaired) electrons. The largest absolute Gasteiger partial charge is 0.452 e. The Morgan fingerprint density at radius 3 is 2.30 bits per heavy atom. The molecule has 0 bridgehead atoms. The van der Waals surface area contributed by atoms with E-state index in [4.69, 9.17) is 21.6 Å². The lowest BCUT2D eigenvalue weighted by molar-refractivity contribution is -0.119. The Bertz CT molecular complexity index is 1330. The van der Waals surface area contributed by atoms with Crippen molar-refractivity contribution in [2.24, 2.45) is 0 Å². The van der Waals surface area contributed by atoms with Crippen molar-refractivity contribution in [1.29, 1.82) is 5.26 Å². The van der Waals surface area contributed by atoms with Gasteiger partial charge in [0.25, 0.3) is 17.7 Å². The molecule has 9 heteroatoms. The van der Waals surface area contributed by atoms with Crippen LogP contribution in [0.15, 0.2) is 66.7 Å². The van der Waals surface area contributed by atoms with Gasteiger partial charge in [0.15, 0.2) is 6.61 Å². The van der Waals surface area contributed by atoms with Gasteiger partial charge in [0.05, 0.1) is 33.0 Å². The van der Waals surface area contributed by atoms with E-state index in [1.165, 1.54) is 42.5 Å². The summed E-state index contributed by atoms with van der Waals surface area (Å²) in [5, 5.41) is 11.6. The lowest BCUT2D eigenvalue weighted by Crippen LogP contribution is -2.29. The molecule has 0 spiro atoms. The number of rotatable bonds is 5. The van der Waals surface area contributed by atoms with Crippen molar-refractivity contribution in [3.05, 3.63) is 94.0 Å². The summed E-state index contributed by atoms with van der Waals surface area (Å²) in [5.41, 5.74) is 1.46. The lowest BCUT2D eigenvalue weighted by Gasteiger charge is -2.15. The molecule has 0 unspecified atom stereocenters. The number of carbonyl (C=O) groups is 4. The summed E-state index contributed by atoms with van der Waals surface area (Å²) in [6.45, 7) is -0.576. The van der Waals surface area contributed by atoms with Crippen LogP contribution in [-0.4, -0.2) is 30.3 Å². The Labute approximate surface area is 192 Å². The van der Waals surface area contributed by atoms with E-state index in [0.29, 0.717) is 5.69 Å². The third-order valence-electron chi connectivity index (χ3n) is 4.84. The number of fused-ring (bicyclic) bond motifs is 1. The molecule has 1 N–H and O–H groups in total. The van der Waals surface area contributed by atoms with E-state index in [9.17, 15) is 19.2 Å². The molecule has 33 heavy (non-hydrogen) atoms. The van der Waals surface area contributed by atoms with E-state index >= 15 is 0 Å². The number of hydrogen-bond donors (Lipinski definition) is 1. The first kappa shape index (κ1) is 21.7. The summed E-state index contributed by atoms with van der Waals surface area (Å²) < 4.78 is 5.05. The number of benzene rings is 3. The average molecular weight is 460 g/mol. The van der Waals surface area contributed by atoms with Crippen LogP contribution in [0.1, 0.15) is 36.6 Å². The minimum Gasteiger partial charge on any atom is -0.452 e. The molecule has 3 amide bonds. The summed E-state index contributed by atoms with van der Waals surface area (Å²) in [6, 6.07) is 18.6. The number of amides is 3. The monoisotopic (exact) mass is 459 g/mol. The molecule has 1 aliphatic heterocycles. The van der Waals surface area contributed by atoms with E-state index in [-0.39, 0.29) is 33.0 Å². The van der Waals surface area contributed by atoms with Crippen molar-refractivity contribution in [1.82, 2.24) is 0 Å². The van der Waals surface area contributed by atoms with E-state index < -0.39 is 30.3 Å². The van der Waals surface area contributed by atoms with Gasteiger partial charge < -0.3 is 10.1 Å². The number of imide groups is 1. The van der Waals surface area contributed by atoms with E-state index in [1.54, 1.807) is 24.3 Å². The highest BCUT2D eigenvalue weighted by Gasteiger charge is 2.36. The Hall–Kier alpha value is -4.48. The number of ether oxygens (including phenoxy) is 1. The van der Waals surface area contributed by atoms with Crippen LogP contribution in [0.25, 0.3) is 0 Å². The zero-order valence-corrected chi connectivity index (χ0v) is 17.6. The van der Waals surface area contributed by atoms with Gasteiger partial charge in [-0.25, -0.2) is 9.69 Å². The van der Waals surface area contributed by atoms with Crippen LogP contribution in [0.2, 0.25) is 5.02 Å². The molecule has 4 rings (SSSR count). The fraction of sp³-hybridized carbons (Fsp3) is 0.0417. The molecular weight excluding hydrogens is 446 g/mol. The molecule has 3 aromatic carbocycles. The van der Waals surface area contributed by atoms with Crippen molar-refractivity contribution < 1.29 is 23.9 Å². The standard InChI is InChI=1S/C24H14ClN3O5/c25-20-11-16(9-8-15(20)12-26)27-21(29)13-33-24(32)14-4-3-5-17(10-14)28-22(30)18-6-1-2-7-19(18)23(28)31/h1-11H,13H2,(H,27,29). The predicted molar refractivity (Wildman–Crippen MR) is 119 cm³/mol. The maximum atomic E-state index is 12.7. The summed E-state index contributed by atoms with van der Waals surface area (Å²) in [7, 11) is 0. The van der Waals surface area contributed by atoms with Gasteiger partial charge >= 0.3 is 5.97 Å². The fourth-order valence-electron chi connectivity index (χ4n) is 3.29. The van der Waals surface area contributed by atoms with Crippen LogP contribution in [-0.2, 0) is 9.53 Å². The third kappa shape index (κ3) is 4.31. The van der Waals surface area contributed by atoms with Crippen molar-refractivity contribution in [2.75, 3.05) is 16.8 Å². The highest BCUT2D eigenvalue weighted by atomic mass is 35.5. The number of carbonyl (C=O) groups excluding carboxylic acids is 4. The Morgan fingerprint density at radius 1 is 0.970 bits per heavy atom. The summed E-state index contributed by atoms with van der Waals surface area (Å²) >= 11 is 5.93. The van der Waals surface area contributed by atoms with Gasteiger partial charge in [0, 0.05) is 5.69 Å². The molecule has 0 aliphatic carbocycles. The second kappa shape index (κ2) is 8.94. The quantitative estimate of drug-likeness (QED) is 0.458. The van der Waals surface area contributed by atoms with Gasteiger partial charge in [-0.15, -0.1) is 0 Å². The zero-order valence-electron chi connectivity index (χ0n) is 16.9. The molecule has 1 heterocycles. The van der Waals surface area contributed by atoms with Gasteiger partial charge in [-0.1, -0.05) is 29.8 Å². The second-order valence-corrected chi connectivity index (χ2v) is 7.38. The molecule has 0 fully saturated rings. The lowest BCUT2D eigenvalue weighted by atomic mass is 10.1. The Morgan fingerprint density at radius 2 is 1.67 bits per heavy atom. The molecular formula is C24H14ClN3O5. The molecule has 8 nitrogen and oxygen atoms in total. The first-order valence-electron chi connectivity index (χ1n) is 9.63. The van der Waals surface area contributed by atoms with E-state index in [1.807, 2.05) is 6.07 Å². The summed E-state index contributed by atoms with van der Waals surface area (Å²) in [4.78, 5) is 50.8. The molecule has 0 saturated carbocycles. The Kier molecular flexibility index (Phi) is 5.89. The molecule has 0 saturated heterocycles. The van der Waals surface area contributed by atoms with Crippen LogP contribution in [0, 0.1) is 11.3 Å². The van der Waals surface area contributed by atoms with Crippen LogP contribution >= 0.6 is 11.6 Å². The van der Waals surface area contributed by atoms with E-state index in [2.05, 4.69) is 5.32 Å². The molecule has 0 atom stereocenters. The second-order valence-electron chi connectivity index (χ2n) is 6.97. The number of nitrogens with one attached hydrogen (secondary N) is 1. The maximum absolute atomic E-state index is 12.7. The third-order valence-corrected chi connectivity index (χ3v) is 5.15. The van der Waals surface area contributed by atoms with Crippen LogP contribution in [0.3, 0.4) is 0 Å². The summed E-state index contributed by atoms with van der Waals surface area (Å²) in [5.74, 6) is -2.38. The minimum absolute atomic E-state index is 0.0678. The zero-order chi connectivity index (χ0) is 23.5. The highest BCUT2D eigenvalue weighted by Crippen LogP contribution is 2.29. The van der Waals surface area contributed by atoms with Crippen LogP contribution in [0.4, 0.5) is 11.4 Å². The SMILES string of the molecule is N#Cc1ccc(NC(=O)COC(=O)c2cccc(N3C(=O)c4ccccc4C3=O)c2)cc1Cl. The number of hydrogen-bond acceptors (Lipinski definition) is 6. The number of esters is 1. The maximum Gasteiger partial charge on any atom is 0.338 e. The van der Waals surface area contributed by atoms with Crippen molar-refractivity contribution in [3.63, 3.8) is 0 Å². The number of halogens is 1. The average Bonchev–Trinajstić information content (AvgIpc) is 3.08. The van der Waals surface area contributed by atoms with Crippen molar-refractivity contribution in [2.45, 2.75) is 0 Å². The minimum atomic E-state index is -0.804. The number of nitriles is 1. The Balaban J connectivity index is 1.42. The van der Waals surface area contributed by atoms with E-state index in [0.717, 1.165) is 4.90 Å². The molecule has 162 valence electrons. The molecule has 0 aromatic heterocycles.